The lowest BCUT2D eigenvalue weighted by Gasteiger charge is -2.28. The molecule has 0 radical (unpaired) electrons. The molecule has 10 heteroatoms. The van der Waals surface area contributed by atoms with Crippen LogP contribution in [0.1, 0.15) is 11.4 Å². The van der Waals surface area contributed by atoms with Crippen molar-refractivity contribution in [2.24, 2.45) is 0 Å². The summed E-state index contributed by atoms with van der Waals surface area (Å²) in [7, 11) is 0. The van der Waals surface area contributed by atoms with Gasteiger partial charge in [0.1, 0.15) is 15.9 Å². The van der Waals surface area contributed by atoms with E-state index in [0.717, 1.165) is 56.4 Å². The van der Waals surface area contributed by atoms with Crippen LogP contribution in [0.4, 0.5) is 5.69 Å². The Balaban J connectivity index is 1.21. The molecule has 35 heavy (non-hydrogen) atoms. The number of hydrogen-bond donors (Lipinski definition) is 0. The van der Waals surface area contributed by atoms with Crippen molar-refractivity contribution < 1.29 is 4.74 Å². The Morgan fingerprint density at radius 2 is 1.60 bits per heavy atom. The standard InChI is InChI=1S/C25H21BrClN5OS2/c26-21-16-29-25(27)31-24(21)35-20-7-5-19(6-8-20)34-23-9-10-28-22(30-23)15-17-1-3-18(4-2-17)32-11-13-33-14-12-32/h1-10,16H,11-15H2. The van der Waals surface area contributed by atoms with E-state index in [0.29, 0.717) is 6.42 Å². The Hall–Kier alpha value is -2.17. The molecule has 0 spiro atoms. The van der Waals surface area contributed by atoms with Crippen molar-refractivity contribution >= 4 is 56.7 Å². The molecule has 4 aromatic rings. The first-order valence-corrected chi connectivity index (χ1v) is 13.8. The fourth-order valence-electron chi connectivity index (χ4n) is 3.56. The van der Waals surface area contributed by atoms with Gasteiger partial charge in [-0.05, 0) is 75.6 Å². The maximum Gasteiger partial charge on any atom is 0.223 e. The number of hydrogen-bond acceptors (Lipinski definition) is 8. The van der Waals surface area contributed by atoms with E-state index in [1.54, 1.807) is 18.0 Å². The van der Waals surface area contributed by atoms with Gasteiger partial charge in [0.2, 0.25) is 5.28 Å². The van der Waals surface area contributed by atoms with Gasteiger partial charge in [0.05, 0.1) is 17.7 Å². The molecule has 0 unspecified atom stereocenters. The minimum Gasteiger partial charge on any atom is -0.378 e. The van der Waals surface area contributed by atoms with Crippen LogP contribution in [0.15, 0.2) is 91.3 Å². The molecular weight excluding hydrogens is 566 g/mol. The highest BCUT2D eigenvalue weighted by Crippen LogP contribution is 2.34. The number of nitrogens with zero attached hydrogens (tertiary/aromatic N) is 5. The highest BCUT2D eigenvalue weighted by Gasteiger charge is 2.11. The largest absolute Gasteiger partial charge is 0.378 e. The van der Waals surface area contributed by atoms with Crippen LogP contribution in [-0.4, -0.2) is 46.2 Å². The summed E-state index contributed by atoms with van der Waals surface area (Å²) >= 11 is 12.5. The maximum atomic E-state index is 5.92. The maximum absolute atomic E-state index is 5.92. The van der Waals surface area contributed by atoms with Gasteiger partial charge in [-0.1, -0.05) is 35.7 Å². The van der Waals surface area contributed by atoms with Crippen LogP contribution < -0.4 is 4.90 Å². The van der Waals surface area contributed by atoms with Gasteiger partial charge in [0.15, 0.2) is 0 Å². The van der Waals surface area contributed by atoms with E-state index < -0.39 is 0 Å². The molecule has 0 amide bonds. The van der Waals surface area contributed by atoms with E-state index in [2.05, 4.69) is 84.3 Å². The molecule has 1 aliphatic rings. The first-order valence-electron chi connectivity index (χ1n) is 11.0. The van der Waals surface area contributed by atoms with Crippen LogP contribution in [0, 0.1) is 0 Å². The van der Waals surface area contributed by atoms with Gasteiger partial charge in [0, 0.05) is 47.4 Å². The molecule has 3 heterocycles. The summed E-state index contributed by atoms with van der Waals surface area (Å²) in [5.41, 5.74) is 2.43. The molecule has 5 rings (SSSR count). The smallest absolute Gasteiger partial charge is 0.223 e. The van der Waals surface area contributed by atoms with Gasteiger partial charge in [-0.25, -0.2) is 19.9 Å². The summed E-state index contributed by atoms with van der Waals surface area (Å²) < 4.78 is 6.26. The van der Waals surface area contributed by atoms with Gasteiger partial charge in [-0.3, -0.25) is 0 Å². The monoisotopic (exact) mass is 585 g/mol. The molecule has 2 aromatic heterocycles. The van der Waals surface area contributed by atoms with Crippen molar-refractivity contribution in [3.8, 4) is 0 Å². The summed E-state index contributed by atoms with van der Waals surface area (Å²) in [6.45, 7) is 3.45. The van der Waals surface area contributed by atoms with E-state index in [4.69, 9.17) is 21.3 Å². The Kier molecular flexibility index (Phi) is 8.20. The lowest BCUT2D eigenvalue weighted by molar-refractivity contribution is 0.122. The van der Waals surface area contributed by atoms with Gasteiger partial charge >= 0.3 is 0 Å². The summed E-state index contributed by atoms with van der Waals surface area (Å²) in [6.07, 6.45) is 4.18. The van der Waals surface area contributed by atoms with E-state index in [1.165, 1.54) is 23.0 Å². The van der Waals surface area contributed by atoms with E-state index in [-0.39, 0.29) is 5.28 Å². The molecular formula is C25H21BrClN5OS2. The molecule has 1 aliphatic heterocycles. The Bertz CT molecular complexity index is 1290. The van der Waals surface area contributed by atoms with Crippen LogP contribution in [0.3, 0.4) is 0 Å². The average molecular weight is 587 g/mol. The van der Waals surface area contributed by atoms with Crippen molar-refractivity contribution in [2.75, 3.05) is 31.2 Å². The van der Waals surface area contributed by atoms with Crippen molar-refractivity contribution in [2.45, 2.75) is 26.3 Å². The molecule has 0 aliphatic carbocycles. The number of halogens is 2. The molecule has 6 nitrogen and oxygen atoms in total. The van der Waals surface area contributed by atoms with Crippen molar-refractivity contribution in [3.05, 3.63) is 88.1 Å². The summed E-state index contributed by atoms with van der Waals surface area (Å²) in [5.74, 6) is 0.812. The summed E-state index contributed by atoms with van der Waals surface area (Å²) in [4.78, 5) is 22.0. The zero-order chi connectivity index (χ0) is 24.0. The zero-order valence-corrected chi connectivity index (χ0v) is 22.6. The molecule has 0 saturated carbocycles. The SMILES string of the molecule is Clc1ncc(Br)c(Sc2ccc(Sc3ccnc(Cc4ccc(N5CCOCC5)cc4)n3)cc2)n1. The zero-order valence-electron chi connectivity index (χ0n) is 18.6. The van der Waals surface area contributed by atoms with Crippen LogP contribution in [-0.2, 0) is 11.2 Å². The molecule has 1 fully saturated rings. The van der Waals surface area contributed by atoms with Crippen molar-refractivity contribution in [3.63, 3.8) is 0 Å². The lowest BCUT2D eigenvalue weighted by atomic mass is 10.1. The van der Waals surface area contributed by atoms with Gasteiger partial charge in [-0.15, -0.1) is 0 Å². The molecule has 2 aromatic carbocycles. The molecule has 178 valence electrons. The Labute approximate surface area is 226 Å². The minimum absolute atomic E-state index is 0.232. The third kappa shape index (κ3) is 6.74. The van der Waals surface area contributed by atoms with Crippen molar-refractivity contribution in [1.82, 2.24) is 19.9 Å². The van der Waals surface area contributed by atoms with Crippen LogP contribution in [0.5, 0.6) is 0 Å². The van der Waals surface area contributed by atoms with Crippen LogP contribution >= 0.6 is 51.1 Å². The van der Waals surface area contributed by atoms with E-state index in [9.17, 15) is 0 Å². The minimum atomic E-state index is 0.232. The molecule has 0 atom stereocenters. The summed E-state index contributed by atoms with van der Waals surface area (Å²) in [6, 6.07) is 18.9. The van der Waals surface area contributed by atoms with Crippen molar-refractivity contribution in [1.29, 1.82) is 0 Å². The fraction of sp³-hybridized carbons (Fsp3) is 0.200. The number of ether oxygens (including phenoxy) is 1. The third-order valence-electron chi connectivity index (χ3n) is 5.30. The third-order valence-corrected chi connectivity index (χ3v) is 8.28. The summed E-state index contributed by atoms with van der Waals surface area (Å²) in [5, 5.41) is 1.94. The fourth-order valence-corrected chi connectivity index (χ4v) is 5.75. The second kappa shape index (κ2) is 11.7. The molecule has 0 N–H and O–H groups in total. The second-order valence-corrected chi connectivity index (χ2v) is 11.1. The number of anilines is 1. The molecule has 0 bridgehead atoms. The lowest BCUT2D eigenvalue weighted by Crippen LogP contribution is -2.36. The van der Waals surface area contributed by atoms with Crippen LogP contribution in [0.25, 0.3) is 0 Å². The number of rotatable bonds is 7. The topological polar surface area (TPSA) is 64.0 Å². The average Bonchev–Trinajstić information content (AvgIpc) is 2.89. The van der Waals surface area contributed by atoms with E-state index >= 15 is 0 Å². The highest BCUT2D eigenvalue weighted by atomic mass is 79.9. The van der Waals surface area contributed by atoms with Gasteiger partial charge in [0.25, 0.3) is 0 Å². The quantitative estimate of drug-likeness (QED) is 0.182. The number of morpholine rings is 1. The van der Waals surface area contributed by atoms with Gasteiger partial charge in [-0.2, -0.15) is 0 Å². The normalized spacial score (nSPS) is 13.7. The predicted octanol–water partition coefficient (Wildman–Crippen LogP) is 6.41. The molecule has 1 saturated heterocycles. The van der Waals surface area contributed by atoms with E-state index in [1.807, 2.05) is 12.3 Å². The van der Waals surface area contributed by atoms with Gasteiger partial charge < -0.3 is 9.64 Å². The Morgan fingerprint density at radius 1 is 0.886 bits per heavy atom. The van der Waals surface area contributed by atoms with Crippen LogP contribution in [0.2, 0.25) is 5.28 Å². The number of aromatic nitrogens is 4. The first kappa shape index (κ1) is 24.5. The first-order chi connectivity index (χ1) is 17.1. The second-order valence-electron chi connectivity index (χ2n) is 7.72. The predicted molar refractivity (Wildman–Crippen MR) is 144 cm³/mol. The highest BCUT2D eigenvalue weighted by molar-refractivity contribution is 9.10. The Morgan fingerprint density at radius 3 is 2.34 bits per heavy atom. The number of benzene rings is 2.